The minimum atomic E-state index is -0.936. The molecule has 4 nitrogen and oxygen atoms in total. The normalized spacial score (nSPS) is 20.0. The molecule has 0 amide bonds. The van der Waals surface area contributed by atoms with Crippen LogP contribution in [0.15, 0.2) is 54.6 Å². The number of rotatable bonds is 3. The lowest BCUT2D eigenvalue weighted by atomic mass is 9.90. The van der Waals surface area contributed by atoms with Gasteiger partial charge in [-0.25, -0.2) is 4.79 Å². The van der Waals surface area contributed by atoms with Gasteiger partial charge >= 0.3 is 5.97 Å². The Morgan fingerprint density at radius 2 is 1.92 bits per heavy atom. The Balaban J connectivity index is 1.73. The first-order valence-electron chi connectivity index (χ1n) is 8.48. The largest absolute Gasteiger partial charge is 0.478 e. The highest BCUT2D eigenvalue weighted by molar-refractivity contribution is 5.86. The van der Waals surface area contributed by atoms with E-state index in [0.29, 0.717) is 6.04 Å². The number of hydrogen-bond donors (Lipinski definition) is 3. The van der Waals surface area contributed by atoms with E-state index in [1.54, 1.807) is 6.08 Å². The predicted molar refractivity (Wildman–Crippen MR) is 99.6 cm³/mol. The van der Waals surface area contributed by atoms with Crippen LogP contribution >= 0.6 is 0 Å². The number of carbonyl (C=O) groups is 1. The average Bonchev–Trinajstić information content (AvgIpc) is 2.98. The average molecular weight is 332 g/mol. The highest BCUT2D eigenvalue weighted by Gasteiger charge is 2.28. The number of carboxylic acids is 1. The van der Waals surface area contributed by atoms with E-state index >= 15 is 0 Å². The van der Waals surface area contributed by atoms with Crippen LogP contribution in [0.2, 0.25) is 0 Å². The molecule has 126 valence electrons. The molecule has 3 N–H and O–H groups in total. The van der Waals surface area contributed by atoms with Crippen molar-refractivity contribution < 1.29 is 9.90 Å². The van der Waals surface area contributed by atoms with Gasteiger partial charge in [-0.1, -0.05) is 42.5 Å². The summed E-state index contributed by atoms with van der Waals surface area (Å²) in [5.74, 6) is -0.936. The lowest BCUT2D eigenvalue weighted by molar-refractivity contribution is -0.131. The van der Waals surface area contributed by atoms with Gasteiger partial charge in [-0.15, -0.1) is 0 Å². The Hall–Kier alpha value is -2.85. The zero-order valence-corrected chi connectivity index (χ0v) is 14.0. The van der Waals surface area contributed by atoms with Crippen LogP contribution in [0, 0.1) is 0 Å². The van der Waals surface area contributed by atoms with Crippen molar-refractivity contribution >= 4 is 22.9 Å². The van der Waals surface area contributed by atoms with Crippen molar-refractivity contribution in [3.63, 3.8) is 0 Å². The van der Waals surface area contributed by atoms with Crippen molar-refractivity contribution in [2.45, 2.75) is 25.4 Å². The third-order valence-electron chi connectivity index (χ3n) is 4.78. The molecule has 3 aromatic rings. The number of carboxylic acid groups (broad SMARTS) is 1. The smallest absolute Gasteiger partial charge is 0.328 e. The predicted octanol–water partition coefficient (Wildman–Crippen LogP) is 3.89. The Labute approximate surface area is 146 Å². The molecule has 0 bridgehead atoms. The van der Waals surface area contributed by atoms with Crippen LogP contribution < -0.4 is 5.32 Å². The van der Waals surface area contributed by atoms with Gasteiger partial charge in [0.2, 0.25) is 0 Å². The molecule has 0 fully saturated rings. The van der Waals surface area contributed by atoms with Gasteiger partial charge in [0, 0.05) is 28.7 Å². The number of aromatic nitrogens is 1. The van der Waals surface area contributed by atoms with Crippen molar-refractivity contribution in [2.75, 3.05) is 0 Å². The molecule has 1 aliphatic rings. The molecule has 2 heterocycles. The van der Waals surface area contributed by atoms with Crippen molar-refractivity contribution in [1.82, 2.24) is 10.3 Å². The third-order valence-corrected chi connectivity index (χ3v) is 4.78. The fourth-order valence-corrected chi connectivity index (χ4v) is 3.65. The Bertz CT molecular complexity index is 954. The van der Waals surface area contributed by atoms with Crippen LogP contribution in [0.3, 0.4) is 0 Å². The second-order valence-corrected chi connectivity index (χ2v) is 6.61. The summed E-state index contributed by atoms with van der Waals surface area (Å²) in [4.78, 5) is 14.2. The maximum atomic E-state index is 10.6. The monoisotopic (exact) mass is 332 g/mol. The van der Waals surface area contributed by atoms with E-state index in [0.717, 1.165) is 18.1 Å². The zero-order valence-electron chi connectivity index (χ0n) is 14.0. The Morgan fingerprint density at radius 1 is 1.16 bits per heavy atom. The molecule has 0 saturated heterocycles. The number of aromatic amines is 1. The van der Waals surface area contributed by atoms with Gasteiger partial charge in [0.05, 0.1) is 6.04 Å². The molecule has 25 heavy (non-hydrogen) atoms. The topological polar surface area (TPSA) is 65.1 Å². The van der Waals surface area contributed by atoms with Gasteiger partial charge in [0.1, 0.15) is 0 Å². The lowest BCUT2D eigenvalue weighted by Gasteiger charge is -2.29. The highest BCUT2D eigenvalue weighted by Crippen LogP contribution is 2.35. The minimum Gasteiger partial charge on any atom is -0.478 e. The number of benzene rings is 2. The van der Waals surface area contributed by atoms with Gasteiger partial charge in [0.25, 0.3) is 0 Å². The molecular weight excluding hydrogens is 312 g/mol. The van der Waals surface area contributed by atoms with E-state index in [2.05, 4.69) is 53.6 Å². The quantitative estimate of drug-likeness (QED) is 0.638. The minimum absolute atomic E-state index is 0.114. The van der Waals surface area contributed by atoms with Gasteiger partial charge < -0.3 is 15.4 Å². The van der Waals surface area contributed by atoms with E-state index in [4.69, 9.17) is 5.11 Å². The number of fused-ring (bicyclic) bond motifs is 3. The fourth-order valence-electron chi connectivity index (χ4n) is 3.65. The summed E-state index contributed by atoms with van der Waals surface area (Å²) in [5, 5.41) is 13.7. The molecule has 0 unspecified atom stereocenters. The van der Waals surface area contributed by atoms with E-state index in [-0.39, 0.29) is 6.04 Å². The third kappa shape index (κ3) is 2.96. The maximum Gasteiger partial charge on any atom is 0.328 e. The molecule has 1 aromatic heterocycles. The van der Waals surface area contributed by atoms with Crippen LogP contribution in [-0.2, 0) is 11.2 Å². The molecule has 2 aromatic carbocycles. The van der Waals surface area contributed by atoms with Crippen molar-refractivity contribution in [2.24, 2.45) is 0 Å². The first-order chi connectivity index (χ1) is 12.1. The number of hydrogen-bond acceptors (Lipinski definition) is 2. The van der Waals surface area contributed by atoms with E-state index < -0.39 is 5.97 Å². The Morgan fingerprint density at radius 3 is 2.68 bits per heavy atom. The summed E-state index contributed by atoms with van der Waals surface area (Å²) in [6.07, 6.45) is 3.78. The van der Waals surface area contributed by atoms with Gasteiger partial charge in [-0.2, -0.15) is 0 Å². The standard InChI is InChI=1S/C21H20N2O2/c1-13-12-17-16-4-2-3-5-18(16)23-21(17)20(22-13)15-9-6-14(7-10-15)8-11-19(24)25/h2-11,13,20,22-23H,12H2,1H3,(H,24,25)/b11-8+/t13-,20-/m1/s1. The van der Waals surface area contributed by atoms with Crippen molar-refractivity contribution in [3.8, 4) is 0 Å². The molecule has 2 atom stereocenters. The zero-order chi connectivity index (χ0) is 17.4. The van der Waals surface area contributed by atoms with Crippen molar-refractivity contribution in [3.05, 3.63) is 77.0 Å². The molecule has 4 heteroatoms. The summed E-state index contributed by atoms with van der Waals surface area (Å²) in [7, 11) is 0. The van der Waals surface area contributed by atoms with Crippen LogP contribution in [-0.4, -0.2) is 22.1 Å². The SMILES string of the molecule is C[C@@H]1Cc2c([nH]c3ccccc23)[C@@H](c2ccc(/C=C/C(=O)O)cc2)N1. The Kier molecular flexibility index (Phi) is 3.90. The van der Waals surface area contributed by atoms with Gasteiger partial charge in [-0.05, 0) is 42.2 Å². The van der Waals surface area contributed by atoms with Crippen molar-refractivity contribution in [1.29, 1.82) is 0 Å². The summed E-state index contributed by atoms with van der Waals surface area (Å²) >= 11 is 0. The molecule has 1 aliphatic heterocycles. The lowest BCUT2D eigenvalue weighted by Crippen LogP contribution is -2.37. The number of para-hydroxylation sites is 1. The molecule has 0 aliphatic carbocycles. The first-order valence-corrected chi connectivity index (χ1v) is 8.48. The van der Waals surface area contributed by atoms with Crippen LogP contribution in [0.4, 0.5) is 0 Å². The molecule has 0 saturated carbocycles. The number of aliphatic carboxylic acids is 1. The summed E-state index contributed by atoms with van der Waals surface area (Å²) in [6.45, 7) is 2.21. The van der Waals surface area contributed by atoms with Gasteiger partial charge in [-0.3, -0.25) is 0 Å². The number of nitrogens with one attached hydrogen (secondary N) is 2. The van der Waals surface area contributed by atoms with E-state index in [1.807, 2.05) is 12.1 Å². The maximum absolute atomic E-state index is 10.6. The molecule has 0 radical (unpaired) electrons. The summed E-state index contributed by atoms with van der Waals surface area (Å²) < 4.78 is 0. The second kappa shape index (κ2) is 6.22. The molecule has 4 rings (SSSR count). The van der Waals surface area contributed by atoms with Crippen LogP contribution in [0.5, 0.6) is 0 Å². The first kappa shape index (κ1) is 15.7. The van der Waals surface area contributed by atoms with Crippen LogP contribution in [0.25, 0.3) is 17.0 Å². The summed E-state index contributed by atoms with van der Waals surface area (Å²) in [6, 6.07) is 17.0. The van der Waals surface area contributed by atoms with E-state index in [9.17, 15) is 4.79 Å². The molecule has 0 spiro atoms. The fraction of sp³-hybridized carbons (Fsp3) is 0.190. The van der Waals surface area contributed by atoms with Gasteiger partial charge in [0.15, 0.2) is 0 Å². The number of H-pyrrole nitrogens is 1. The van der Waals surface area contributed by atoms with E-state index in [1.165, 1.54) is 27.7 Å². The summed E-state index contributed by atoms with van der Waals surface area (Å²) in [5.41, 5.74) is 5.85. The highest BCUT2D eigenvalue weighted by atomic mass is 16.4. The van der Waals surface area contributed by atoms with Crippen LogP contribution in [0.1, 0.15) is 35.3 Å². The second-order valence-electron chi connectivity index (χ2n) is 6.61. The molecular formula is C21H20N2O2.